The van der Waals surface area contributed by atoms with Gasteiger partial charge in [0.15, 0.2) is 11.0 Å². The number of nitrogens with zero attached hydrogens (tertiary/aromatic N) is 5. The number of rotatable bonds is 7. The average Bonchev–Trinajstić information content (AvgIpc) is 3.12. The number of nitrogens with one attached hydrogen (secondary N) is 1. The van der Waals surface area contributed by atoms with E-state index in [0.29, 0.717) is 17.6 Å². The molecule has 1 aromatic carbocycles. The van der Waals surface area contributed by atoms with Crippen molar-refractivity contribution in [2.24, 2.45) is 13.0 Å². The number of benzene rings is 1. The van der Waals surface area contributed by atoms with Gasteiger partial charge in [-0.1, -0.05) is 17.4 Å². The Labute approximate surface area is 206 Å². The summed E-state index contributed by atoms with van der Waals surface area (Å²) in [6, 6.07) is 5.98. The van der Waals surface area contributed by atoms with Gasteiger partial charge in [-0.05, 0) is 54.9 Å². The van der Waals surface area contributed by atoms with Crippen LogP contribution >= 0.6 is 11.3 Å². The quantitative estimate of drug-likeness (QED) is 0.406. The van der Waals surface area contributed by atoms with Gasteiger partial charge in [-0.2, -0.15) is 5.10 Å². The molecule has 0 saturated heterocycles. The van der Waals surface area contributed by atoms with Crippen molar-refractivity contribution in [2.75, 3.05) is 5.32 Å². The van der Waals surface area contributed by atoms with Crippen molar-refractivity contribution in [3.8, 4) is 11.1 Å². The monoisotopic (exact) mass is 490 g/mol. The van der Waals surface area contributed by atoms with Crippen LogP contribution in [-0.2, 0) is 23.2 Å². The number of hydrogen-bond donors (Lipinski definition) is 2. The lowest BCUT2D eigenvalue weighted by Gasteiger charge is -2.14. The fourth-order valence-electron chi connectivity index (χ4n) is 4.70. The average molecular weight is 491 g/mol. The molecule has 2 aliphatic carbocycles. The zero-order valence-electron chi connectivity index (χ0n) is 19.3. The van der Waals surface area contributed by atoms with E-state index < -0.39 is 0 Å². The zero-order chi connectivity index (χ0) is 23.9. The summed E-state index contributed by atoms with van der Waals surface area (Å²) in [6.07, 6.45) is 10.4. The smallest absolute Gasteiger partial charge is 0.229 e. The Kier molecular flexibility index (Phi) is 5.79. The largest absolute Gasteiger partial charge is 0.390 e. The van der Waals surface area contributed by atoms with Crippen molar-refractivity contribution in [2.45, 2.75) is 50.4 Å². The van der Waals surface area contributed by atoms with Crippen molar-refractivity contribution in [3.05, 3.63) is 54.4 Å². The van der Waals surface area contributed by atoms with Gasteiger partial charge in [-0.15, -0.1) is 0 Å². The van der Waals surface area contributed by atoms with Crippen molar-refractivity contribution >= 4 is 32.6 Å². The molecule has 4 aromatic rings. The Hall–Kier alpha value is -3.21. The van der Waals surface area contributed by atoms with Gasteiger partial charge in [0.2, 0.25) is 5.91 Å². The number of fused-ring (bicyclic) bond motifs is 1. The second-order valence-electron chi connectivity index (χ2n) is 9.32. The molecule has 1 amide bonds. The first-order valence-electron chi connectivity index (χ1n) is 11.8. The zero-order valence-corrected chi connectivity index (χ0v) is 20.1. The molecule has 3 heterocycles. The summed E-state index contributed by atoms with van der Waals surface area (Å²) in [5.41, 5.74) is 3.83. The highest BCUT2D eigenvalue weighted by Gasteiger charge is 2.44. The lowest BCUT2D eigenvalue weighted by atomic mass is 10.1. The third-order valence-corrected chi connectivity index (χ3v) is 7.72. The van der Waals surface area contributed by atoms with E-state index >= 15 is 0 Å². The second kappa shape index (κ2) is 9.10. The third-order valence-electron chi connectivity index (χ3n) is 6.78. The molecular formula is C25H26N6O3S. The fourth-order valence-corrected chi connectivity index (χ4v) is 5.61. The first-order chi connectivity index (χ1) is 17.0. The van der Waals surface area contributed by atoms with Crippen LogP contribution in [0.4, 0.5) is 5.13 Å². The van der Waals surface area contributed by atoms with Gasteiger partial charge in [0, 0.05) is 37.1 Å². The SMILES string of the molecule is Cn1cc([C@@H]2CC2C(=O)Nc2nc3ccc(-c4cnc(CO[C@H]5CCC[C@@H]5O)nc4)cc3s2)cn1. The van der Waals surface area contributed by atoms with Gasteiger partial charge in [0.05, 0.1) is 28.6 Å². The van der Waals surface area contributed by atoms with Crippen molar-refractivity contribution in [1.29, 1.82) is 0 Å². The van der Waals surface area contributed by atoms with Crippen molar-refractivity contribution < 1.29 is 14.6 Å². The Bertz CT molecular complexity index is 1370. The number of hydrogen-bond acceptors (Lipinski definition) is 8. The van der Waals surface area contributed by atoms with Crippen LogP contribution in [0.5, 0.6) is 0 Å². The summed E-state index contributed by atoms with van der Waals surface area (Å²) in [5.74, 6) is 0.815. The minimum atomic E-state index is -0.387. The molecule has 9 nitrogen and oxygen atoms in total. The van der Waals surface area contributed by atoms with Crippen LogP contribution in [0.2, 0.25) is 0 Å². The van der Waals surface area contributed by atoms with Gasteiger partial charge in [-0.3, -0.25) is 9.48 Å². The van der Waals surface area contributed by atoms with E-state index in [9.17, 15) is 9.90 Å². The molecule has 1 unspecified atom stereocenters. The Morgan fingerprint density at radius 2 is 2.09 bits per heavy atom. The highest BCUT2D eigenvalue weighted by atomic mass is 32.1. The number of carbonyl (C=O) groups excluding carboxylic acids is 1. The number of anilines is 1. The molecule has 10 heteroatoms. The first-order valence-corrected chi connectivity index (χ1v) is 12.7. The molecule has 35 heavy (non-hydrogen) atoms. The molecule has 0 bridgehead atoms. The van der Waals surface area contributed by atoms with Gasteiger partial charge >= 0.3 is 0 Å². The summed E-state index contributed by atoms with van der Waals surface area (Å²) in [7, 11) is 1.88. The Morgan fingerprint density at radius 3 is 2.83 bits per heavy atom. The van der Waals surface area contributed by atoms with E-state index in [0.717, 1.165) is 52.6 Å². The molecule has 0 aliphatic heterocycles. The summed E-state index contributed by atoms with van der Waals surface area (Å²) in [5, 5.41) is 17.7. The van der Waals surface area contributed by atoms with E-state index in [4.69, 9.17) is 4.74 Å². The highest BCUT2D eigenvalue weighted by molar-refractivity contribution is 7.22. The minimum absolute atomic E-state index is 0.00876. The Balaban J connectivity index is 1.10. The fraction of sp³-hybridized carbons (Fsp3) is 0.400. The number of aliphatic hydroxyl groups excluding tert-OH is 1. The molecule has 2 aliphatic rings. The molecular weight excluding hydrogens is 464 g/mol. The molecule has 4 atom stereocenters. The maximum Gasteiger partial charge on any atom is 0.229 e. The highest BCUT2D eigenvalue weighted by Crippen LogP contribution is 2.48. The van der Waals surface area contributed by atoms with Crippen LogP contribution in [0.3, 0.4) is 0 Å². The maximum absolute atomic E-state index is 12.7. The van der Waals surface area contributed by atoms with Crippen molar-refractivity contribution in [3.63, 3.8) is 0 Å². The lowest BCUT2D eigenvalue weighted by Crippen LogP contribution is -2.22. The molecule has 180 valence electrons. The topological polar surface area (TPSA) is 115 Å². The molecule has 2 N–H and O–H groups in total. The Morgan fingerprint density at radius 1 is 1.23 bits per heavy atom. The molecule has 3 aromatic heterocycles. The minimum Gasteiger partial charge on any atom is -0.390 e. The van der Waals surface area contributed by atoms with E-state index in [1.54, 1.807) is 17.1 Å². The van der Waals surface area contributed by atoms with Crippen LogP contribution in [0, 0.1) is 5.92 Å². The number of thiazole rings is 1. The molecule has 0 spiro atoms. The number of carbonyl (C=O) groups is 1. The molecule has 2 saturated carbocycles. The van der Waals surface area contributed by atoms with Gasteiger partial charge in [-0.25, -0.2) is 15.0 Å². The van der Waals surface area contributed by atoms with Gasteiger partial charge < -0.3 is 15.2 Å². The number of amides is 1. The van der Waals surface area contributed by atoms with E-state index in [1.807, 2.05) is 37.6 Å². The second-order valence-corrected chi connectivity index (χ2v) is 10.4. The summed E-state index contributed by atoms with van der Waals surface area (Å²) >= 11 is 1.46. The van der Waals surface area contributed by atoms with Crippen LogP contribution < -0.4 is 5.32 Å². The van der Waals surface area contributed by atoms with Crippen LogP contribution in [0.1, 0.15) is 43.0 Å². The molecule has 2 fully saturated rings. The van der Waals surface area contributed by atoms with E-state index in [-0.39, 0.29) is 30.0 Å². The molecule has 0 radical (unpaired) electrons. The maximum atomic E-state index is 12.7. The van der Waals surface area contributed by atoms with Gasteiger partial charge in [0.1, 0.15) is 6.61 Å². The van der Waals surface area contributed by atoms with Gasteiger partial charge in [0.25, 0.3) is 0 Å². The van der Waals surface area contributed by atoms with Crippen LogP contribution in [0.25, 0.3) is 21.3 Å². The van der Waals surface area contributed by atoms with E-state index in [1.165, 1.54) is 11.3 Å². The predicted molar refractivity (Wildman–Crippen MR) is 132 cm³/mol. The summed E-state index contributed by atoms with van der Waals surface area (Å²) in [6.45, 7) is 0.293. The standard InChI is InChI=1S/C25H26N6O3S/c1-31-12-16(11-28-31)17-8-18(17)24(33)30-25-29-19-6-5-14(7-22(19)35-25)15-9-26-23(27-10-15)13-34-21-4-2-3-20(21)32/h5-7,9-12,17-18,20-21,32H,2-4,8,13H2,1H3,(H,29,30,33)/t17-,18?,20-,21-/m0/s1. The predicted octanol–water partition coefficient (Wildman–Crippen LogP) is 3.66. The number of aromatic nitrogens is 5. The van der Waals surface area contributed by atoms with E-state index in [2.05, 4.69) is 25.4 Å². The van der Waals surface area contributed by atoms with Crippen LogP contribution in [0.15, 0.2) is 43.0 Å². The molecule has 6 rings (SSSR count). The first kappa shape index (κ1) is 22.3. The lowest BCUT2D eigenvalue weighted by molar-refractivity contribution is -0.117. The summed E-state index contributed by atoms with van der Waals surface area (Å²) < 4.78 is 8.52. The number of aliphatic hydroxyl groups is 1. The number of ether oxygens (including phenoxy) is 1. The normalized spacial score (nSPS) is 23.6. The number of aryl methyl sites for hydroxylation is 1. The van der Waals surface area contributed by atoms with Crippen molar-refractivity contribution in [1.82, 2.24) is 24.7 Å². The summed E-state index contributed by atoms with van der Waals surface area (Å²) in [4.78, 5) is 26.2. The third kappa shape index (κ3) is 4.69. The van der Waals surface area contributed by atoms with Crippen LogP contribution in [-0.4, -0.2) is 48.0 Å².